The minimum absolute atomic E-state index is 0.301. The SMILES string of the molecule is CC(C)c1nnc2sc(Cn3cc(N)cn3)nn12. The van der Waals surface area contributed by atoms with Gasteiger partial charge in [-0.15, -0.1) is 10.2 Å². The molecule has 0 aliphatic heterocycles. The predicted molar refractivity (Wildman–Crippen MR) is 68.5 cm³/mol. The second-order valence-electron chi connectivity index (χ2n) is 4.37. The average Bonchev–Trinajstić information content (AvgIpc) is 2.93. The number of anilines is 1. The molecule has 0 bridgehead atoms. The fraction of sp³-hybridized carbons (Fsp3) is 0.400. The molecule has 0 spiro atoms. The molecule has 7 nitrogen and oxygen atoms in total. The van der Waals surface area contributed by atoms with E-state index in [1.54, 1.807) is 21.6 Å². The smallest absolute Gasteiger partial charge is 0.234 e. The van der Waals surface area contributed by atoms with Gasteiger partial charge in [-0.2, -0.15) is 14.7 Å². The molecule has 0 aliphatic rings. The van der Waals surface area contributed by atoms with E-state index >= 15 is 0 Å². The molecule has 0 aliphatic carbocycles. The third-order valence-electron chi connectivity index (χ3n) is 2.52. The van der Waals surface area contributed by atoms with E-state index in [4.69, 9.17) is 5.73 Å². The van der Waals surface area contributed by atoms with Crippen molar-refractivity contribution in [3.8, 4) is 0 Å². The molecule has 8 heteroatoms. The van der Waals surface area contributed by atoms with Gasteiger partial charge in [0.05, 0.1) is 18.4 Å². The molecular weight excluding hydrogens is 250 g/mol. The van der Waals surface area contributed by atoms with E-state index in [0.717, 1.165) is 15.8 Å². The first-order valence-corrected chi connectivity index (χ1v) is 6.44. The van der Waals surface area contributed by atoms with Crippen LogP contribution in [-0.2, 0) is 6.54 Å². The van der Waals surface area contributed by atoms with Crippen molar-refractivity contribution in [3.05, 3.63) is 23.2 Å². The van der Waals surface area contributed by atoms with E-state index in [1.165, 1.54) is 11.3 Å². The van der Waals surface area contributed by atoms with E-state index < -0.39 is 0 Å². The molecule has 3 aromatic heterocycles. The molecular formula is C10H13N7S. The molecule has 3 heterocycles. The van der Waals surface area contributed by atoms with Crippen LogP contribution in [-0.4, -0.2) is 29.6 Å². The molecule has 0 saturated heterocycles. The Hall–Kier alpha value is -1.96. The van der Waals surface area contributed by atoms with Crippen LogP contribution in [0.25, 0.3) is 4.96 Å². The minimum atomic E-state index is 0.301. The highest BCUT2D eigenvalue weighted by atomic mass is 32.1. The topological polar surface area (TPSA) is 86.9 Å². The summed E-state index contributed by atoms with van der Waals surface area (Å²) in [5.41, 5.74) is 6.28. The summed E-state index contributed by atoms with van der Waals surface area (Å²) in [5.74, 6) is 1.18. The zero-order chi connectivity index (χ0) is 12.7. The average molecular weight is 263 g/mol. The van der Waals surface area contributed by atoms with Gasteiger partial charge in [0.1, 0.15) is 5.01 Å². The summed E-state index contributed by atoms with van der Waals surface area (Å²) in [6.45, 7) is 4.75. The molecule has 18 heavy (non-hydrogen) atoms. The van der Waals surface area contributed by atoms with Crippen LogP contribution in [0.5, 0.6) is 0 Å². The number of rotatable bonds is 3. The molecule has 94 valence electrons. The maximum absolute atomic E-state index is 5.62. The Kier molecular flexibility index (Phi) is 2.51. The molecule has 0 radical (unpaired) electrons. The lowest BCUT2D eigenvalue weighted by Gasteiger charge is -1.98. The van der Waals surface area contributed by atoms with Crippen molar-refractivity contribution in [1.82, 2.24) is 29.6 Å². The van der Waals surface area contributed by atoms with Crippen LogP contribution in [0.2, 0.25) is 0 Å². The van der Waals surface area contributed by atoms with E-state index in [0.29, 0.717) is 18.2 Å². The maximum atomic E-state index is 5.62. The summed E-state index contributed by atoms with van der Waals surface area (Å²) >= 11 is 1.52. The van der Waals surface area contributed by atoms with Gasteiger partial charge in [0.2, 0.25) is 4.96 Å². The highest BCUT2D eigenvalue weighted by Gasteiger charge is 2.14. The first-order valence-electron chi connectivity index (χ1n) is 5.62. The van der Waals surface area contributed by atoms with Gasteiger partial charge < -0.3 is 5.73 Å². The first-order chi connectivity index (χ1) is 8.63. The van der Waals surface area contributed by atoms with Crippen molar-refractivity contribution in [3.63, 3.8) is 0 Å². The lowest BCUT2D eigenvalue weighted by atomic mass is 10.2. The maximum Gasteiger partial charge on any atom is 0.234 e. The van der Waals surface area contributed by atoms with Crippen molar-refractivity contribution >= 4 is 22.0 Å². The van der Waals surface area contributed by atoms with Gasteiger partial charge in [-0.3, -0.25) is 4.68 Å². The number of aromatic nitrogens is 6. The number of nitrogens with two attached hydrogens (primary N) is 1. The standard InChI is InChI=1S/C10H13N7S/c1-6(2)9-13-14-10-17(9)15-8(18-10)5-16-4-7(11)3-12-16/h3-4,6H,5,11H2,1-2H3. The predicted octanol–water partition coefficient (Wildman–Crippen LogP) is 1.14. The zero-order valence-electron chi connectivity index (χ0n) is 10.1. The number of hydrogen-bond acceptors (Lipinski definition) is 6. The lowest BCUT2D eigenvalue weighted by Crippen LogP contribution is -2.02. The number of nitrogen functional groups attached to an aromatic ring is 1. The van der Waals surface area contributed by atoms with Crippen LogP contribution in [0.3, 0.4) is 0 Å². The molecule has 0 fully saturated rings. The van der Waals surface area contributed by atoms with Gasteiger partial charge in [0.25, 0.3) is 0 Å². The number of nitrogens with zero attached hydrogens (tertiary/aromatic N) is 6. The summed E-state index contributed by atoms with van der Waals surface area (Å²) in [4.78, 5) is 0.814. The Morgan fingerprint density at radius 3 is 2.89 bits per heavy atom. The first kappa shape index (κ1) is 11.1. The molecule has 0 amide bonds. The molecule has 0 atom stereocenters. The Morgan fingerprint density at radius 2 is 2.22 bits per heavy atom. The van der Waals surface area contributed by atoms with Crippen LogP contribution in [0.4, 0.5) is 5.69 Å². The summed E-state index contributed by atoms with van der Waals surface area (Å²) in [5, 5.41) is 17.8. The van der Waals surface area contributed by atoms with Gasteiger partial charge in [0, 0.05) is 12.1 Å². The largest absolute Gasteiger partial charge is 0.396 e. The third kappa shape index (κ3) is 1.84. The normalized spacial score (nSPS) is 11.7. The summed E-state index contributed by atoms with van der Waals surface area (Å²) in [6, 6.07) is 0. The van der Waals surface area contributed by atoms with Crippen molar-refractivity contribution in [1.29, 1.82) is 0 Å². The van der Waals surface area contributed by atoms with Gasteiger partial charge in [-0.05, 0) is 0 Å². The zero-order valence-corrected chi connectivity index (χ0v) is 10.9. The van der Waals surface area contributed by atoms with Crippen LogP contribution in [0, 0.1) is 0 Å². The Labute approximate surface area is 107 Å². The molecule has 2 N–H and O–H groups in total. The number of fused-ring (bicyclic) bond motifs is 1. The van der Waals surface area contributed by atoms with E-state index in [2.05, 4.69) is 34.2 Å². The Morgan fingerprint density at radius 1 is 1.39 bits per heavy atom. The molecule has 0 aromatic carbocycles. The molecule has 3 aromatic rings. The van der Waals surface area contributed by atoms with E-state index in [-0.39, 0.29) is 0 Å². The Bertz CT molecular complexity index is 677. The van der Waals surface area contributed by atoms with Crippen LogP contribution in [0.1, 0.15) is 30.6 Å². The lowest BCUT2D eigenvalue weighted by molar-refractivity contribution is 0.660. The molecule has 0 unspecified atom stereocenters. The van der Waals surface area contributed by atoms with E-state index in [9.17, 15) is 0 Å². The second-order valence-corrected chi connectivity index (χ2v) is 5.41. The van der Waals surface area contributed by atoms with Crippen molar-refractivity contribution < 1.29 is 0 Å². The van der Waals surface area contributed by atoms with Crippen molar-refractivity contribution in [2.24, 2.45) is 0 Å². The molecule has 3 rings (SSSR count). The van der Waals surface area contributed by atoms with E-state index in [1.807, 2.05) is 0 Å². The summed E-state index contributed by atoms with van der Waals surface area (Å²) < 4.78 is 3.56. The number of hydrogen-bond donors (Lipinski definition) is 1. The monoisotopic (exact) mass is 263 g/mol. The van der Waals surface area contributed by atoms with Gasteiger partial charge >= 0.3 is 0 Å². The Balaban J connectivity index is 1.94. The van der Waals surface area contributed by atoms with Crippen molar-refractivity contribution in [2.75, 3.05) is 5.73 Å². The van der Waals surface area contributed by atoms with Gasteiger partial charge in [-0.1, -0.05) is 25.2 Å². The highest BCUT2D eigenvalue weighted by Crippen LogP contribution is 2.19. The highest BCUT2D eigenvalue weighted by molar-refractivity contribution is 7.16. The third-order valence-corrected chi connectivity index (χ3v) is 3.41. The fourth-order valence-corrected chi connectivity index (χ4v) is 2.53. The quantitative estimate of drug-likeness (QED) is 0.765. The van der Waals surface area contributed by atoms with Crippen LogP contribution in [0.15, 0.2) is 12.4 Å². The van der Waals surface area contributed by atoms with Crippen molar-refractivity contribution in [2.45, 2.75) is 26.3 Å². The van der Waals surface area contributed by atoms with Crippen LogP contribution < -0.4 is 5.73 Å². The second kappa shape index (κ2) is 4.05. The summed E-state index contributed by atoms with van der Waals surface area (Å²) in [7, 11) is 0. The fourth-order valence-electron chi connectivity index (χ4n) is 1.70. The molecule has 0 saturated carbocycles. The van der Waals surface area contributed by atoms with Crippen LogP contribution >= 0.6 is 11.3 Å². The van der Waals surface area contributed by atoms with Gasteiger partial charge in [-0.25, -0.2) is 0 Å². The minimum Gasteiger partial charge on any atom is -0.396 e. The van der Waals surface area contributed by atoms with Gasteiger partial charge in [0.15, 0.2) is 5.82 Å². The summed E-state index contributed by atoms with van der Waals surface area (Å²) in [6.07, 6.45) is 3.41.